The third kappa shape index (κ3) is 3.41. The lowest BCUT2D eigenvalue weighted by Crippen LogP contribution is -1.91. The Morgan fingerprint density at radius 1 is 0.410 bits per heavy atom. The SMILES string of the molecule is [2H]c1c([2H])c([2H])c(-c2c([2H])c([2H])c(-c3c4ccccc4c(-c4c([2H])c([2H])c([2H])c5oc6c([2H])c([2H])c([2H])c([2H])c6c45)c4ccccc34)c([2H])c2[2H])c([2H])c1[2H]. The van der Waals surface area contributed by atoms with Gasteiger partial charge in [0.2, 0.25) is 0 Å². The van der Waals surface area contributed by atoms with E-state index in [1.54, 1.807) is 48.5 Å². The summed E-state index contributed by atoms with van der Waals surface area (Å²) in [5.41, 5.74) is -0.893. The average molecular weight is 513 g/mol. The van der Waals surface area contributed by atoms with Gasteiger partial charge in [0, 0.05) is 10.8 Å². The van der Waals surface area contributed by atoms with Crippen LogP contribution < -0.4 is 0 Å². The van der Waals surface area contributed by atoms with Crippen molar-refractivity contribution in [2.75, 3.05) is 0 Å². The minimum atomic E-state index is -0.692. The molecule has 0 aliphatic heterocycles. The van der Waals surface area contributed by atoms with Gasteiger partial charge < -0.3 is 4.42 Å². The molecule has 39 heavy (non-hydrogen) atoms. The minimum absolute atomic E-state index is 0.0308. The lowest BCUT2D eigenvalue weighted by molar-refractivity contribution is 0.669. The fourth-order valence-electron chi connectivity index (χ4n) is 5.15. The van der Waals surface area contributed by atoms with Crippen molar-refractivity contribution in [3.8, 4) is 33.4 Å². The molecule has 0 aliphatic carbocycles. The number of furan rings is 1. The van der Waals surface area contributed by atoms with Crippen molar-refractivity contribution >= 4 is 43.5 Å². The summed E-state index contributed by atoms with van der Waals surface area (Å²) in [6, 6.07) is 4.27. The van der Waals surface area contributed by atoms with Crippen LogP contribution in [0.4, 0.5) is 0 Å². The van der Waals surface area contributed by atoms with Gasteiger partial charge in [-0.1, -0.05) is 133 Å². The molecule has 0 atom stereocenters. The van der Waals surface area contributed by atoms with Gasteiger partial charge in [-0.3, -0.25) is 0 Å². The molecule has 0 amide bonds. The lowest BCUT2D eigenvalue weighted by Gasteiger charge is -2.18. The first kappa shape index (κ1) is 11.3. The van der Waals surface area contributed by atoms with Crippen LogP contribution in [0.1, 0.15) is 21.9 Å². The fourth-order valence-corrected chi connectivity index (χ4v) is 5.15. The summed E-state index contributed by atoms with van der Waals surface area (Å²) in [6.07, 6.45) is 0. The molecule has 1 heteroatoms. The summed E-state index contributed by atoms with van der Waals surface area (Å²) < 4.78 is 145. The van der Waals surface area contributed by atoms with Gasteiger partial charge in [-0.2, -0.15) is 0 Å². The molecule has 8 aromatic rings. The molecule has 1 nitrogen and oxygen atoms in total. The maximum absolute atomic E-state index is 9.26. The first-order valence-corrected chi connectivity index (χ1v) is 12.1. The first-order chi connectivity index (χ1) is 26.0. The molecular formula is C38H24O. The van der Waals surface area contributed by atoms with Crippen LogP contribution in [0.3, 0.4) is 0 Å². The van der Waals surface area contributed by atoms with Crippen molar-refractivity contribution in [1.29, 1.82) is 0 Å². The highest BCUT2D eigenvalue weighted by molar-refractivity contribution is 6.25. The van der Waals surface area contributed by atoms with Crippen LogP contribution in [-0.4, -0.2) is 0 Å². The van der Waals surface area contributed by atoms with E-state index in [-0.39, 0.29) is 38.6 Å². The summed E-state index contributed by atoms with van der Waals surface area (Å²) in [5.74, 6) is 0. The second-order valence-corrected chi connectivity index (χ2v) is 8.85. The number of fused-ring (bicyclic) bond motifs is 5. The molecule has 0 spiro atoms. The highest BCUT2D eigenvalue weighted by atomic mass is 16.3. The van der Waals surface area contributed by atoms with Crippen LogP contribution in [0.2, 0.25) is 0 Å². The maximum Gasteiger partial charge on any atom is 0.136 e. The highest BCUT2D eigenvalue weighted by Gasteiger charge is 2.19. The predicted molar refractivity (Wildman–Crippen MR) is 165 cm³/mol. The van der Waals surface area contributed by atoms with Gasteiger partial charge in [-0.25, -0.2) is 0 Å². The molecule has 0 saturated carbocycles. The van der Waals surface area contributed by atoms with Crippen molar-refractivity contribution < 1.29 is 26.3 Å². The standard InChI is InChI=1S/C38H24O/c1-2-11-25(12-3-1)26-21-23-27(24-22-26)36-28-13-4-6-15-30(28)37(31-16-7-5-14-29(31)36)33-18-10-20-35-38(33)32-17-8-9-19-34(32)39-35/h1-24H/i1D,2D,3D,8D,9D,10D,11D,12D,17D,18D,19D,20D,21D,22D,23D,24D. The number of rotatable bonds is 3. The fraction of sp³-hybridized carbons (Fsp3) is 0. The number of para-hydroxylation sites is 1. The lowest BCUT2D eigenvalue weighted by atomic mass is 9.84. The van der Waals surface area contributed by atoms with E-state index in [9.17, 15) is 4.11 Å². The molecule has 1 aromatic heterocycles. The Hall–Kier alpha value is -5.14. The van der Waals surface area contributed by atoms with E-state index in [2.05, 4.69) is 0 Å². The van der Waals surface area contributed by atoms with Gasteiger partial charge in [0.05, 0.1) is 21.9 Å². The van der Waals surface area contributed by atoms with E-state index in [4.69, 9.17) is 22.2 Å². The second-order valence-electron chi connectivity index (χ2n) is 8.85. The summed E-state index contributed by atoms with van der Waals surface area (Å²) in [6.45, 7) is 0. The molecule has 0 N–H and O–H groups in total. The van der Waals surface area contributed by atoms with Crippen molar-refractivity contribution in [2.24, 2.45) is 0 Å². The van der Waals surface area contributed by atoms with E-state index in [0.29, 0.717) is 27.1 Å². The zero-order chi connectivity index (χ0) is 39.7. The molecule has 0 saturated heterocycles. The van der Waals surface area contributed by atoms with Crippen LogP contribution in [0.25, 0.3) is 76.9 Å². The first-order valence-electron chi connectivity index (χ1n) is 20.1. The van der Waals surface area contributed by atoms with Gasteiger partial charge in [-0.15, -0.1) is 0 Å². The van der Waals surface area contributed by atoms with Gasteiger partial charge in [-0.05, 0) is 67.0 Å². The zero-order valence-electron chi connectivity index (χ0n) is 36.0. The topological polar surface area (TPSA) is 13.1 Å². The van der Waals surface area contributed by atoms with Crippen molar-refractivity contribution in [3.63, 3.8) is 0 Å². The van der Waals surface area contributed by atoms with Crippen molar-refractivity contribution in [3.05, 3.63) is 145 Å². The quantitative estimate of drug-likeness (QED) is 0.215. The Morgan fingerprint density at radius 3 is 1.64 bits per heavy atom. The van der Waals surface area contributed by atoms with Crippen molar-refractivity contribution in [1.82, 2.24) is 0 Å². The Morgan fingerprint density at radius 2 is 0.949 bits per heavy atom. The molecule has 182 valence electrons. The number of hydrogen-bond donors (Lipinski definition) is 0. The van der Waals surface area contributed by atoms with Gasteiger partial charge in [0.1, 0.15) is 11.2 Å². The Bertz CT molecular complexity index is 2940. The van der Waals surface area contributed by atoms with Crippen LogP contribution in [-0.2, 0) is 0 Å². The molecule has 0 unspecified atom stereocenters. The van der Waals surface area contributed by atoms with Crippen LogP contribution in [0.5, 0.6) is 0 Å². The normalized spacial score (nSPS) is 17.3. The van der Waals surface area contributed by atoms with Gasteiger partial charge in [0.15, 0.2) is 0 Å². The van der Waals surface area contributed by atoms with Crippen molar-refractivity contribution in [2.45, 2.75) is 0 Å². The highest BCUT2D eigenvalue weighted by Crippen LogP contribution is 2.46. The number of hydrogen-bond acceptors (Lipinski definition) is 1. The van der Waals surface area contributed by atoms with Gasteiger partial charge in [0.25, 0.3) is 0 Å². The summed E-state index contributed by atoms with van der Waals surface area (Å²) in [5, 5.41) is 1.55. The smallest absolute Gasteiger partial charge is 0.136 e. The van der Waals surface area contributed by atoms with E-state index < -0.39 is 108 Å². The second kappa shape index (κ2) is 8.72. The molecule has 8 rings (SSSR count). The number of benzene rings is 7. The maximum atomic E-state index is 9.26. The van der Waals surface area contributed by atoms with E-state index in [1.807, 2.05) is 0 Å². The molecule has 0 radical (unpaired) electrons. The van der Waals surface area contributed by atoms with E-state index >= 15 is 0 Å². The van der Waals surface area contributed by atoms with Crippen LogP contribution in [0.15, 0.2) is 150 Å². The molecule has 0 aliphatic rings. The monoisotopic (exact) mass is 512 g/mol. The Labute approximate surface area is 249 Å². The summed E-state index contributed by atoms with van der Waals surface area (Å²) in [4.78, 5) is 0. The molecule has 1 heterocycles. The largest absolute Gasteiger partial charge is 0.456 e. The summed E-state index contributed by atoms with van der Waals surface area (Å²) >= 11 is 0. The minimum Gasteiger partial charge on any atom is -0.456 e. The zero-order valence-corrected chi connectivity index (χ0v) is 20.0. The van der Waals surface area contributed by atoms with Gasteiger partial charge >= 0.3 is 0 Å². The summed E-state index contributed by atoms with van der Waals surface area (Å²) in [7, 11) is 0. The van der Waals surface area contributed by atoms with E-state index in [1.165, 1.54) is 0 Å². The Balaban J connectivity index is 1.56. The van der Waals surface area contributed by atoms with Crippen LogP contribution >= 0.6 is 0 Å². The third-order valence-corrected chi connectivity index (χ3v) is 6.75. The molecule has 7 aromatic carbocycles. The Kier molecular flexibility index (Phi) is 2.53. The molecular weight excluding hydrogens is 472 g/mol. The van der Waals surface area contributed by atoms with E-state index in [0.717, 1.165) is 0 Å². The molecule has 0 fully saturated rings. The third-order valence-electron chi connectivity index (χ3n) is 6.75. The van der Waals surface area contributed by atoms with Crippen LogP contribution in [0, 0.1) is 0 Å². The molecule has 0 bridgehead atoms. The predicted octanol–water partition coefficient (Wildman–Crippen LogP) is 10.9. The average Bonchev–Trinajstić information content (AvgIpc) is 3.58.